The summed E-state index contributed by atoms with van der Waals surface area (Å²) >= 11 is 0. The van der Waals surface area contributed by atoms with E-state index in [2.05, 4.69) is 29.2 Å². The van der Waals surface area contributed by atoms with Gasteiger partial charge in [0.2, 0.25) is 0 Å². The first-order valence-corrected chi connectivity index (χ1v) is 11.6. The SMILES string of the molecule is Fc1ccc(C(CCCN2CCC3(CC2)OCc2ccccc23)c2ccc(F)cc2)cc1. The molecule has 3 aromatic rings. The van der Waals surface area contributed by atoms with Gasteiger partial charge in [-0.3, -0.25) is 0 Å². The smallest absolute Gasteiger partial charge is 0.123 e. The number of rotatable bonds is 6. The minimum Gasteiger partial charge on any atom is -0.365 e. The van der Waals surface area contributed by atoms with E-state index in [-0.39, 0.29) is 23.2 Å². The van der Waals surface area contributed by atoms with E-state index in [1.807, 2.05) is 24.3 Å². The fourth-order valence-electron chi connectivity index (χ4n) is 5.37. The Morgan fingerprint density at radius 2 is 1.41 bits per heavy atom. The third-order valence-electron chi connectivity index (χ3n) is 7.19. The summed E-state index contributed by atoms with van der Waals surface area (Å²) in [5, 5.41) is 0. The molecule has 0 radical (unpaired) electrons. The van der Waals surface area contributed by atoms with Crippen LogP contribution in [0.5, 0.6) is 0 Å². The van der Waals surface area contributed by atoms with Crippen molar-refractivity contribution in [1.29, 1.82) is 0 Å². The summed E-state index contributed by atoms with van der Waals surface area (Å²) in [5.74, 6) is -0.327. The van der Waals surface area contributed by atoms with Crippen LogP contribution in [0.15, 0.2) is 72.8 Å². The summed E-state index contributed by atoms with van der Waals surface area (Å²) in [6, 6.07) is 22.1. The van der Waals surface area contributed by atoms with Gasteiger partial charge in [-0.25, -0.2) is 8.78 Å². The minimum absolute atomic E-state index is 0.0994. The normalized spacial score (nSPS) is 17.7. The monoisotopic (exact) mass is 433 g/mol. The molecule has 0 atom stereocenters. The Morgan fingerprint density at radius 3 is 2.03 bits per heavy atom. The molecular formula is C28H29F2NO. The molecule has 0 saturated carbocycles. The lowest BCUT2D eigenvalue weighted by Gasteiger charge is -2.39. The average Bonchev–Trinajstić information content (AvgIpc) is 3.18. The van der Waals surface area contributed by atoms with Crippen molar-refractivity contribution in [1.82, 2.24) is 4.90 Å². The van der Waals surface area contributed by atoms with Crippen LogP contribution in [0.25, 0.3) is 0 Å². The van der Waals surface area contributed by atoms with Crippen LogP contribution in [0, 0.1) is 11.6 Å². The highest BCUT2D eigenvalue weighted by molar-refractivity contribution is 5.36. The zero-order chi connectivity index (χ0) is 22.0. The number of ether oxygens (including phenoxy) is 1. The number of benzene rings is 3. The molecule has 2 heterocycles. The molecule has 0 amide bonds. The maximum Gasteiger partial charge on any atom is 0.123 e. The molecule has 4 heteroatoms. The number of likely N-dealkylation sites (tertiary alicyclic amines) is 1. The molecule has 0 aliphatic carbocycles. The highest BCUT2D eigenvalue weighted by Gasteiger charge is 2.42. The van der Waals surface area contributed by atoms with Crippen molar-refractivity contribution < 1.29 is 13.5 Å². The van der Waals surface area contributed by atoms with Gasteiger partial charge in [-0.1, -0.05) is 48.5 Å². The zero-order valence-electron chi connectivity index (χ0n) is 18.3. The minimum atomic E-state index is -0.232. The Labute approximate surface area is 188 Å². The van der Waals surface area contributed by atoms with Gasteiger partial charge < -0.3 is 9.64 Å². The fraction of sp³-hybridized carbons (Fsp3) is 0.357. The van der Waals surface area contributed by atoms with E-state index < -0.39 is 0 Å². The number of fused-ring (bicyclic) bond motifs is 2. The number of nitrogens with zero attached hydrogens (tertiary/aromatic N) is 1. The van der Waals surface area contributed by atoms with Crippen molar-refractivity contribution in [2.45, 2.75) is 43.8 Å². The lowest BCUT2D eigenvalue weighted by molar-refractivity contribution is -0.0788. The standard InChI is InChI=1S/C28H29F2NO/c29-24-11-7-21(8-12-24)26(22-9-13-25(30)14-10-22)5-3-17-31-18-15-28(16-19-31)27-6-2-1-4-23(27)20-32-28/h1-2,4,6-14,26H,3,5,15-20H2. The topological polar surface area (TPSA) is 12.5 Å². The van der Waals surface area contributed by atoms with Gasteiger partial charge in [0, 0.05) is 19.0 Å². The molecule has 3 aromatic carbocycles. The van der Waals surface area contributed by atoms with E-state index in [0.29, 0.717) is 0 Å². The highest BCUT2D eigenvalue weighted by Crippen LogP contribution is 2.44. The molecule has 0 bridgehead atoms. The molecular weight excluding hydrogens is 404 g/mol. The predicted octanol–water partition coefficient (Wildman–Crippen LogP) is 6.40. The molecule has 2 aliphatic rings. The predicted molar refractivity (Wildman–Crippen MR) is 122 cm³/mol. The maximum absolute atomic E-state index is 13.5. The van der Waals surface area contributed by atoms with Crippen molar-refractivity contribution in [3.63, 3.8) is 0 Å². The summed E-state index contributed by atoms with van der Waals surface area (Å²) in [4.78, 5) is 2.53. The van der Waals surface area contributed by atoms with Gasteiger partial charge in [0.1, 0.15) is 11.6 Å². The fourth-order valence-corrected chi connectivity index (χ4v) is 5.37. The number of halogens is 2. The Morgan fingerprint density at radius 1 is 0.812 bits per heavy atom. The van der Waals surface area contributed by atoms with Gasteiger partial charge in [-0.05, 0) is 78.7 Å². The van der Waals surface area contributed by atoms with E-state index in [1.54, 1.807) is 0 Å². The molecule has 5 rings (SSSR count). The van der Waals surface area contributed by atoms with Crippen LogP contribution >= 0.6 is 0 Å². The highest BCUT2D eigenvalue weighted by atomic mass is 19.1. The lowest BCUT2D eigenvalue weighted by atomic mass is 9.83. The van der Waals surface area contributed by atoms with Crippen LogP contribution in [-0.2, 0) is 16.9 Å². The van der Waals surface area contributed by atoms with Crippen LogP contribution in [0.3, 0.4) is 0 Å². The van der Waals surface area contributed by atoms with Crippen molar-refractivity contribution in [3.05, 3.63) is 107 Å². The Kier molecular flexibility index (Phi) is 6.07. The van der Waals surface area contributed by atoms with E-state index >= 15 is 0 Å². The molecule has 0 aromatic heterocycles. The quantitative estimate of drug-likeness (QED) is 0.446. The maximum atomic E-state index is 13.5. The zero-order valence-corrected chi connectivity index (χ0v) is 18.3. The second kappa shape index (κ2) is 9.13. The number of hydrogen-bond acceptors (Lipinski definition) is 2. The number of piperidine rings is 1. The molecule has 1 saturated heterocycles. The van der Waals surface area contributed by atoms with E-state index in [4.69, 9.17) is 4.74 Å². The Balaban J connectivity index is 1.21. The van der Waals surface area contributed by atoms with Crippen LogP contribution in [0.4, 0.5) is 8.78 Å². The van der Waals surface area contributed by atoms with Crippen molar-refractivity contribution in [2.75, 3.05) is 19.6 Å². The average molecular weight is 434 g/mol. The molecule has 0 unspecified atom stereocenters. The molecule has 2 nitrogen and oxygen atoms in total. The molecule has 0 N–H and O–H groups in total. The van der Waals surface area contributed by atoms with E-state index in [1.165, 1.54) is 35.4 Å². The van der Waals surface area contributed by atoms with Crippen LogP contribution in [-0.4, -0.2) is 24.5 Å². The van der Waals surface area contributed by atoms with Gasteiger partial charge in [-0.2, -0.15) is 0 Å². The third kappa shape index (κ3) is 4.35. The lowest BCUT2D eigenvalue weighted by Crippen LogP contribution is -2.42. The first-order chi connectivity index (χ1) is 15.6. The second-order valence-electron chi connectivity index (χ2n) is 9.08. The van der Waals surface area contributed by atoms with Crippen LogP contribution in [0.1, 0.15) is 53.9 Å². The van der Waals surface area contributed by atoms with Gasteiger partial charge in [0.25, 0.3) is 0 Å². The summed E-state index contributed by atoms with van der Waals surface area (Å²) in [6.07, 6.45) is 4.04. The second-order valence-corrected chi connectivity index (χ2v) is 9.08. The largest absolute Gasteiger partial charge is 0.365 e. The molecule has 2 aliphatic heterocycles. The summed E-state index contributed by atoms with van der Waals surface area (Å²) < 4.78 is 33.2. The summed E-state index contributed by atoms with van der Waals surface area (Å²) in [7, 11) is 0. The third-order valence-corrected chi connectivity index (χ3v) is 7.19. The van der Waals surface area contributed by atoms with Gasteiger partial charge in [0.15, 0.2) is 0 Å². The van der Waals surface area contributed by atoms with Gasteiger partial charge in [-0.15, -0.1) is 0 Å². The summed E-state index contributed by atoms with van der Waals surface area (Å²) in [6.45, 7) is 3.82. The van der Waals surface area contributed by atoms with E-state index in [9.17, 15) is 8.78 Å². The van der Waals surface area contributed by atoms with E-state index in [0.717, 1.165) is 63.1 Å². The summed E-state index contributed by atoms with van der Waals surface area (Å²) in [5.41, 5.74) is 4.77. The molecule has 166 valence electrons. The van der Waals surface area contributed by atoms with Crippen molar-refractivity contribution >= 4 is 0 Å². The Bertz CT molecular complexity index is 994. The number of hydrogen-bond donors (Lipinski definition) is 0. The molecule has 32 heavy (non-hydrogen) atoms. The van der Waals surface area contributed by atoms with Gasteiger partial charge >= 0.3 is 0 Å². The van der Waals surface area contributed by atoms with Crippen LogP contribution in [0.2, 0.25) is 0 Å². The molecule has 1 spiro atoms. The first kappa shape index (κ1) is 21.3. The van der Waals surface area contributed by atoms with Crippen molar-refractivity contribution in [3.8, 4) is 0 Å². The van der Waals surface area contributed by atoms with Crippen LogP contribution < -0.4 is 0 Å². The van der Waals surface area contributed by atoms with Gasteiger partial charge in [0.05, 0.1) is 12.2 Å². The Hall–Kier alpha value is -2.56. The molecule has 1 fully saturated rings. The first-order valence-electron chi connectivity index (χ1n) is 11.6. The van der Waals surface area contributed by atoms with Crippen molar-refractivity contribution in [2.24, 2.45) is 0 Å².